The number of phenolic OH excluding ortho intramolecular Hbond substituents is 1. The zero-order chi connectivity index (χ0) is 12.4. The van der Waals surface area contributed by atoms with E-state index in [1.165, 1.54) is 0 Å². The van der Waals surface area contributed by atoms with Gasteiger partial charge in [-0.2, -0.15) is 0 Å². The Morgan fingerprint density at radius 3 is 2.24 bits per heavy atom. The van der Waals surface area contributed by atoms with E-state index in [2.05, 4.69) is 47.8 Å². The molecule has 0 saturated carbocycles. The summed E-state index contributed by atoms with van der Waals surface area (Å²) in [7, 11) is 0. The van der Waals surface area contributed by atoms with E-state index in [0.717, 1.165) is 20.1 Å². The molecular formula is C13H9Br3O. The molecule has 0 saturated heterocycles. The van der Waals surface area contributed by atoms with Crippen LogP contribution < -0.4 is 0 Å². The van der Waals surface area contributed by atoms with Gasteiger partial charge in [-0.1, -0.05) is 46.3 Å². The molecule has 0 aliphatic carbocycles. The number of rotatable bonds is 2. The van der Waals surface area contributed by atoms with Gasteiger partial charge in [0.15, 0.2) is 0 Å². The molecule has 1 unspecified atom stereocenters. The zero-order valence-electron chi connectivity index (χ0n) is 8.70. The van der Waals surface area contributed by atoms with Gasteiger partial charge in [-0.3, -0.25) is 0 Å². The molecule has 0 fully saturated rings. The first kappa shape index (κ1) is 13.1. The van der Waals surface area contributed by atoms with Crippen molar-refractivity contribution in [3.63, 3.8) is 0 Å². The number of hydrogen-bond acceptors (Lipinski definition) is 1. The fraction of sp³-hybridized carbons (Fsp3) is 0.0769. The van der Waals surface area contributed by atoms with Crippen LogP contribution >= 0.6 is 47.8 Å². The monoisotopic (exact) mass is 418 g/mol. The minimum atomic E-state index is -0.0458. The molecule has 0 aliphatic rings. The number of aromatic hydroxyl groups is 1. The number of para-hydroxylation sites is 1. The molecule has 0 bridgehead atoms. The second-order valence-electron chi connectivity index (χ2n) is 3.56. The summed E-state index contributed by atoms with van der Waals surface area (Å²) >= 11 is 10.6. The van der Waals surface area contributed by atoms with Crippen LogP contribution in [-0.4, -0.2) is 5.11 Å². The maximum absolute atomic E-state index is 9.85. The lowest BCUT2D eigenvalue weighted by atomic mass is 10.0. The standard InChI is InChI=1S/C13H9Br3O/c14-10-6-3-5-9(13(10)16)12(15)8-4-1-2-7-11(8)17/h1-7,12,17H. The van der Waals surface area contributed by atoms with E-state index in [4.69, 9.17) is 0 Å². The normalized spacial score (nSPS) is 12.4. The third-order valence-corrected chi connectivity index (χ3v) is 5.53. The first-order valence-corrected chi connectivity index (χ1v) is 7.47. The van der Waals surface area contributed by atoms with Crippen molar-refractivity contribution in [2.24, 2.45) is 0 Å². The van der Waals surface area contributed by atoms with Crippen molar-refractivity contribution in [2.75, 3.05) is 0 Å². The van der Waals surface area contributed by atoms with E-state index < -0.39 is 0 Å². The lowest BCUT2D eigenvalue weighted by Gasteiger charge is -2.14. The smallest absolute Gasteiger partial charge is 0.120 e. The van der Waals surface area contributed by atoms with Crippen LogP contribution in [0.15, 0.2) is 51.4 Å². The van der Waals surface area contributed by atoms with Crippen LogP contribution in [0, 0.1) is 0 Å². The molecule has 0 aliphatic heterocycles. The van der Waals surface area contributed by atoms with E-state index in [-0.39, 0.29) is 4.83 Å². The number of alkyl halides is 1. The first-order valence-electron chi connectivity index (χ1n) is 4.97. The fourth-order valence-electron chi connectivity index (χ4n) is 1.59. The highest BCUT2D eigenvalue weighted by atomic mass is 79.9. The Kier molecular flexibility index (Phi) is 4.28. The van der Waals surface area contributed by atoms with Crippen molar-refractivity contribution in [1.29, 1.82) is 0 Å². The number of benzene rings is 2. The van der Waals surface area contributed by atoms with Gasteiger partial charge in [-0.15, -0.1) is 0 Å². The molecule has 1 nitrogen and oxygen atoms in total. The molecular weight excluding hydrogens is 412 g/mol. The first-order chi connectivity index (χ1) is 8.11. The summed E-state index contributed by atoms with van der Waals surface area (Å²) in [5, 5.41) is 9.85. The third-order valence-electron chi connectivity index (χ3n) is 2.46. The quantitative estimate of drug-likeness (QED) is 0.645. The Morgan fingerprint density at radius 2 is 1.53 bits per heavy atom. The third kappa shape index (κ3) is 2.75. The van der Waals surface area contributed by atoms with Crippen LogP contribution in [0.25, 0.3) is 0 Å². The Balaban J connectivity index is 2.48. The van der Waals surface area contributed by atoms with Crippen LogP contribution in [0.3, 0.4) is 0 Å². The second kappa shape index (κ2) is 5.55. The van der Waals surface area contributed by atoms with Gasteiger partial charge >= 0.3 is 0 Å². The summed E-state index contributed by atoms with van der Waals surface area (Å²) in [6.45, 7) is 0. The molecule has 0 heterocycles. The summed E-state index contributed by atoms with van der Waals surface area (Å²) in [6.07, 6.45) is 0. The van der Waals surface area contributed by atoms with Gasteiger partial charge in [0.1, 0.15) is 5.75 Å². The van der Waals surface area contributed by atoms with E-state index >= 15 is 0 Å². The molecule has 88 valence electrons. The van der Waals surface area contributed by atoms with Crippen molar-refractivity contribution in [3.8, 4) is 5.75 Å². The van der Waals surface area contributed by atoms with Crippen molar-refractivity contribution in [2.45, 2.75) is 4.83 Å². The molecule has 2 aromatic carbocycles. The minimum Gasteiger partial charge on any atom is -0.508 e. The van der Waals surface area contributed by atoms with Crippen molar-refractivity contribution in [1.82, 2.24) is 0 Å². The number of halogens is 3. The average molecular weight is 421 g/mol. The Labute approximate surface area is 125 Å². The maximum Gasteiger partial charge on any atom is 0.120 e. The highest BCUT2D eigenvalue weighted by molar-refractivity contribution is 9.13. The van der Waals surface area contributed by atoms with Gasteiger partial charge in [0, 0.05) is 14.5 Å². The lowest BCUT2D eigenvalue weighted by Crippen LogP contribution is -1.94. The van der Waals surface area contributed by atoms with Crippen molar-refractivity contribution >= 4 is 47.8 Å². The van der Waals surface area contributed by atoms with Crippen molar-refractivity contribution < 1.29 is 5.11 Å². The summed E-state index contributed by atoms with van der Waals surface area (Å²) < 4.78 is 1.99. The number of hydrogen-bond donors (Lipinski definition) is 1. The van der Waals surface area contributed by atoms with E-state index in [1.807, 2.05) is 36.4 Å². The van der Waals surface area contributed by atoms with Gasteiger partial charge in [-0.05, 0) is 49.6 Å². The van der Waals surface area contributed by atoms with Crippen LogP contribution in [0.1, 0.15) is 16.0 Å². The SMILES string of the molecule is Oc1ccccc1C(Br)c1cccc(Br)c1Br. The highest BCUT2D eigenvalue weighted by Gasteiger charge is 2.17. The molecule has 1 N–H and O–H groups in total. The molecule has 0 aromatic heterocycles. The molecule has 0 amide bonds. The molecule has 0 radical (unpaired) electrons. The molecule has 4 heteroatoms. The average Bonchev–Trinajstić information content (AvgIpc) is 2.32. The van der Waals surface area contributed by atoms with E-state index in [1.54, 1.807) is 6.07 Å². The molecule has 0 spiro atoms. The Morgan fingerprint density at radius 1 is 0.882 bits per heavy atom. The second-order valence-corrected chi connectivity index (χ2v) is 6.13. The molecule has 1 atom stereocenters. The maximum atomic E-state index is 9.85. The van der Waals surface area contributed by atoms with Gasteiger partial charge < -0.3 is 5.11 Å². The minimum absolute atomic E-state index is 0.0458. The van der Waals surface area contributed by atoms with Gasteiger partial charge in [0.25, 0.3) is 0 Å². The van der Waals surface area contributed by atoms with E-state index in [9.17, 15) is 5.11 Å². The fourth-order valence-corrected chi connectivity index (χ4v) is 3.54. The lowest BCUT2D eigenvalue weighted by molar-refractivity contribution is 0.469. The van der Waals surface area contributed by atoms with Crippen LogP contribution in [-0.2, 0) is 0 Å². The van der Waals surface area contributed by atoms with Gasteiger partial charge in [0.05, 0.1) is 4.83 Å². The highest BCUT2D eigenvalue weighted by Crippen LogP contribution is 2.41. The topological polar surface area (TPSA) is 20.2 Å². The van der Waals surface area contributed by atoms with Gasteiger partial charge in [0.2, 0.25) is 0 Å². The van der Waals surface area contributed by atoms with Crippen LogP contribution in [0.2, 0.25) is 0 Å². The Hall–Kier alpha value is -0.320. The largest absolute Gasteiger partial charge is 0.508 e. The zero-order valence-corrected chi connectivity index (χ0v) is 13.5. The predicted octanol–water partition coefficient (Wildman–Crippen LogP) is 5.40. The molecule has 17 heavy (non-hydrogen) atoms. The van der Waals surface area contributed by atoms with Gasteiger partial charge in [-0.25, -0.2) is 0 Å². The summed E-state index contributed by atoms with van der Waals surface area (Å²) in [5.74, 6) is 0.293. The van der Waals surface area contributed by atoms with E-state index in [0.29, 0.717) is 5.75 Å². The summed E-state index contributed by atoms with van der Waals surface area (Å²) in [6, 6.07) is 13.3. The molecule has 2 aromatic rings. The van der Waals surface area contributed by atoms with Crippen LogP contribution in [0.4, 0.5) is 0 Å². The predicted molar refractivity (Wildman–Crippen MR) is 80.7 cm³/mol. The molecule has 2 rings (SSSR count). The van der Waals surface area contributed by atoms with Crippen molar-refractivity contribution in [3.05, 3.63) is 62.5 Å². The summed E-state index contributed by atoms with van der Waals surface area (Å²) in [4.78, 5) is -0.0458. The number of phenols is 1. The Bertz CT molecular complexity index is 540. The summed E-state index contributed by atoms with van der Waals surface area (Å²) in [5.41, 5.74) is 1.92. The van der Waals surface area contributed by atoms with Crippen LogP contribution in [0.5, 0.6) is 5.75 Å².